The van der Waals surface area contributed by atoms with Crippen molar-refractivity contribution in [3.63, 3.8) is 0 Å². The zero-order valence-corrected chi connectivity index (χ0v) is 8.26. The van der Waals surface area contributed by atoms with Gasteiger partial charge < -0.3 is 14.8 Å². The van der Waals surface area contributed by atoms with Crippen LogP contribution < -0.4 is 0 Å². The van der Waals surface area contributed by atoms with Crippen LogP contribution in [0.1, 0.15) is 0 Å². The molecule has 0 aromatic heterocycles. The van der Waals surface area contributed by atoms with Crippen LogP contribution in [0, 0.1) is 0 Å². The van der Waals surface area contributed by atoms with E-state index in [-0.39, 0.29) is 0 Å². The highest BCUT2D eigenvalue weighted by Gasteiger charge is 1.70. The molecule has 0 aliphatic heterocycles. The summed E-state index contributed by atoms with van der Waals surface area (Å²) in [5, 5.41) is 13.9. The fourth-order valence-electron chi connectivity index (χ4n) is 0. The monoisotopic (exact) mass is 196 g/mol. The van der Waals surface area contributed by atoms with E-state index in [1.165, 1.54) is 0 Å². The highest BCUT2D eigenvalue weighted by molar-refractivity contribution is 7.89. The van der Waals surface area contributed by atoms with Crippen molar-refractivity contribution in [2.45, 2.75) is 0 Å². The summed E-state index contributed by atoms with van der Waals surface area (Å²) >= 11 is -0.611. The van der Waals surface area contributed by atoms with Crippen molar-refractivity contribution in [2.24, 2.45) is 0 Å². The molecule has 5 heteroatoms. The first-order valence-corrected chi connectivity index (χ1v) is 4.60. The Labute approximate surface area is 76.4 Å². The fourth-order valence-corrected chi connectivity index (χ4v) is 0. The molecule has 0 saturated heterocycles. The van der Waals surface area contributed by atoms with Crippen molar-refractivity contribution in [3.05, 3.63) is 26.3 Å². The van der Waals surface area contributed by atoms with E-state index in [4.69, 9.17) is 15.0 Å². The van der Waals surface area contributed by atoms with E-state index in [0.717, 1.165) is 0 Å². The van der Waals surface area contributed by atoms with Crippen molar-refractivity contribution >= 4 is 17.3 Å². The first kappa shape index (κ1) is 22.5. The molecule has 2 N–H and O–H groups in total. The van der Waals surface area contributed by atoms with Gasteiger partial charge >= 0.3 is 6.16 Å². The second-order valence-electron chi connectivity index (χ2n) is 1.02. The molecule has 0 amide bonds. The molecule has 0 bridgehead atoms. The Bertz CT molecular complexity index is 76.7. The van der Waals surface area contributed by atoms with Crippen molar-refractivity contribution in [1.82, 2.24) is 0 Å². The lowest BCUT2D eigenvalue weighted by Gasteiger charge is -1.87. The van der Waals surface area contributed by atoms with Crippen LogP contribution in [0.25, 0.3) is 0 Å². The number of rotatable bonds is 0. The molecule has 0 fully saturated rings. The van der Waals surface area contributed by atoms with Crippen LogP contribution >= 0.6 is 0 Å². The van der Waals surface area contributed by atoms with Gasteiger partial charge in [0.15, 0.2) is 0 Å². The third-order valence-corrected chi connectivity index (χ3v) is 0. The Morgan fingerprint density at radius 1 is 1.17 bits per heavy atom. The number of hydrogen-bond donors (Lipinski definition) is 2. The van der Waals surface area contributed by atoms with Gasteiger partial charge in [-0.15, -0.1) is 26.3 Å². The summed E-state index contributed by atoms with van der Waals surface area (Å²) in [4.78, 5) is 8.56. The third-order valence-electron chi connectivity index (χ3n) is 0. The van der Waals surface area contributed by atoms with Gasteiger partial charge in [-0.25, -0.2) is 4.79 Å². The minimum atomic E-state index is -1.83. The minimum absolute atomic E-state index is 0.611. The maximum absolute atomic E-state index is 9.56. The van der Waals surface area contributed by atoms with Gasteiger partial charge in [0.05, 0.1) is 12.5 Å². The van der Waals surface area contributed by atoms with E-state index in [9.17, 15) is 4.55 Å². The highest BCUT2D eigenvalue weighted by Crippen LogP contribution is 1.61. The van der Waals surface area contributed by atoms with Gasteiger partial charge in [0.2, 0.25) is 0 Å². The largest absolute Gasteiger partial charge is 0.617 e. The average molecular weight is 196 g/mol. The molecule has 0 aromatic rings. The molecule has 4 nitrogen and oxygen atoms in total. The predicted octanol–water partition coefficient (Wildman–Crippen LogP) is 1.82. The van der Waals surface area contributed by atoms with Crippen LogP contribution in [0.4, 0.5) is 4.79 Å². The smallest absolute Gasteiger partial charge is 0.503 e. The molecular formula is C7H16O4S. The van der Waals surface area contributed by atoms with E-state index in [1.807, 2.05) is 0 Å². The Morgan fingerprint density at radius 3 is 1.17 bits per heavy atom. The molecule has 12 heavy (non-hydrogen) atoms. The van der Waals surface area contributed by atoms with Crippen LogP contribution in [-0.2, 0) is 11.2 Å². The minimum Gasteiger partial charge on any atom is -0.617 e. The maximum atomic E-state index is 9.56. The normalized spacial score (nSPS) is 5.67. The van der Waals surface area contributed by atoms with Crippen molar-refractivity contribution in [3.8, 4) is 0 Å². The summed E-state index contributed by atoms with van der Waals surface area (Å²) in [5.41, 5.74) is 0. The summed E-state index contributed by atoms with van der Waals surface area (Å²) in [7, 11) is 0. The maximum Gasteiger partial charge on any atom is 0.503 e. The standard InChI is InChI=1S/C2H6OS.2C2H4.CH2O3/c1-4(2)3;2*1-2;2-1(3)4/h1-2H3;2*1-2H2;(H2,2,3,4). The van der Waals surface area contributed by atoms with Crippen LogP contribution in [0.2, 0.25) is 0 Å². The topological polar surface area (TPSA) is 80.6 Å². The lowest BCUT2D eigenvalue weighted by molar-refractivity contribution is 0.137. The second-order valence-corrected chi connectivity index (χ2v) is 2.51. The Kier molecular flexibility index (Phi) is 60.4. The van der Waals surface area contributed by atoms with E-state index in [1.54, 1.807) is 12.5 Å². The van der Waals surface area contributed by atoms with Gasteiger partial charge in [-0.05, 0) is 0 Å². The summed E-state index contributed by atoms with van der Waals surface area (Å²) in [6.07, 6.45) is 1.44. The fraction of sp³-hybridized carbons (Fsp3) is 0.286. The van der Waals surface area contributed by atoms with Gasteiger partial charge in [-0.3, -0.25) is 0 Å². The Morgan fingerprint density at radius 2 is 1.17 bits per heavy atom. The van der Waals surface area contributed by atoms with Gasteiger partial charge in [0.1, 0.15) is 0 Å². The van der Waals surface area contributed by atoms with Crippen molar-refractivity contribution in [1.29, 1.82) is 0 Å². The lowest BCUT2D eigenvalue weighted by atomic mass is 11.3. The van der Waals surface area contributed by atoms with E-state index >= 15 is 0 Å². The molecule has 0 atom stereocenters. The Hall–Kier alpha value is -0.940. The third kappa shape index (κ3) is 666. The molecule has 0 rings (SSSR count). The first-order valence-electron chi connectivity index (χ1n) is 2.63. The van der Waals surface area contributed by atoms with Gasteiger partial charge in [0, 0.05) is 0 Å². The molecule has 0 unspecified atom stereocenters. The lowest BCUT2D eigenvalue weighted by Crippen LogP contribution is -1.86. The molecule has 0 radical (unpaired) electrons. The van der Waals surface area contributed by atoms with Gasteiger partial charge in [-0.2, -0.15) is 0 Å². The molecular weight excluding hydrogens is 180 g/mol. The molecule has 0 saturated carbocycles. The zero-order chi connectivity index (χ0) is 11.2. The first-order chi connectivity index (χ1) is 5.46. The molecule has 0 spiro atoms. The number of hydrogen-bond acceptors (Lipinski definition) is 2. The van der Waals surface area contributed by atoms with Gasteiger partial charge in [-0.1, -0.05) is 11.2 Å². The predicted molar refractivity (Wildman–Crippen MR) is 53.2 cm³/mol. The van der Waals surface area contributed by atoms with Crippen LogP contribution in [0.3, 0.4) is 0 Å². The molecule has 74 valence electrons. The van der Waals surface area contributed by atoms with Crippen LogP contribution in [-0.4, -0.2) is 33.4 Å². The summed E-state index contributed by atoms with van der Waals surface area (Å²) in [6.45, 7) is 12.0. The average Bonchev–Trinajstić information content (AvgIpc) is 1.93. The molecule has 0 aliphatic rings. The molecule has 0 aromatic carbocycles. The molecule has 0 aliphatic carbocycles. The Balaban J connectivity index is -0.0000000380. The SMILES string of the molecule is C=C.C=C.C[S+](C)[O-].O=C(O)O. The van der Waals surface area contributed by atoms with Gasteiger partial charge in [0.25, 0.3) is 0 Å². The van der Waals surface area contributed by atoms with Crippen molar-refractivity contribution in [2.75, 3.05) is 12.5 Å². The zero-order valence-electron chi connectivity index (χ0n) is 7.45. The van der Waals surface area contributed by atoms with E-state index in [2.05, 4.69) is 26.3 Å². The van der Waals surface area contributed by atoms with Crippen molar-refractivity contribution < 1.29 is 19.6 Å². The van der Waals surface area contributed by atoms with E-state index < -0.39 is 17.3 Å². The quantitative estimate of drug-likeness (QED) is 0.457. The summed E-state index contributed by atoms with van der Waals surface area (Å²) in [5.74, 6) is 0. The van der Waals surface area contributed by atoms with Crippen LogP contribution in [0.5, 0.6) is 0 Å². The second kappa shape index (κ2) is 32.3. The molecule has 0 heterocycles. The summed E-state index contributed by atoms with van der Waals surface area (Å²) < 4.78 is 9.56. The van der Waals surface area contributed by atoms with E-state index in [0.29, 0.717) is 0 Å². The summed E-state index contributed by atoms with van der Waals surface area (Å²) in [6, 6.07) is 0. The highest BCUT2D eigenvalue weighted by atomic mass is 32.2. The number of carboxylic acid groups (broad SMARTS) is 2. The number of carbonyl (C=O) groups is 1. The van der Waals surface area contributed by atoms with Crippen LogP contribution in [0.15, 0.2) is 26.3 Å².